The van der Waals surface area contributed by atoms with Crippen LogP contribution in [0.5, 0.6) is 6.01 Å². The normalized spacial score (nSPS) is 20.0. The fourth-order valence-corrected chi connectivity index (χ4v) is 10.9. The molecule has 11 nitrogen and oxygen atoms in total. The Labute approximate surface area is 403 Å². The van der Waals surface area contributed by atoms with E-state index >= 15 is 4.39 Å². The number of hydrogen-bond acceptors (Lipinski definition) is 10. The summed E-state index contributed by atoms with van der Waals surface area (Å²) in [7, 11) is 0. The van der Waals surface area contributed by atoms with Crippen LogP contribution in [-0.4, -0.2) is 99.6 Å². The van der Waals surface area contributed by atoms with E-state index in [2.05, 4.69) is 106 Å². The van der Waals surface area contributed by atoms with Gasteiger partial charge in [-0.3, -0.25) is 15.2 Å². The average molecular weight is 939 g/mol. The van der Waals surface area contributed by atoms with E-state index < -0.39 is 28.7 Å². The lowest BCUT2D eigenvalue weighted by Crippen LogP contribution is -2.57. The first kappa shape index (κ1) is 46.1. The second kappa shape index (κ2) is 18.3. The molecule has 2 saturated heterocycles. The zero-order valence-electron chi connectivity index (χ0n) is 39.5. The summed E-state index contributed by atoms with van der Waals surface area (Å²) in [5, 5.41) is 14.8. The van der Waals surface area contributed by atoms with Crippen LogP contribution < -0.4 is 15.0 Å². The number of β-amino-alcohol motifs (C(OH)–C–C–N with tert-alkyl or cyclic N) is 1. The summed E-state index contributed by atoms with van der Waals surface area (Å²) >= 11 is 6.92. The van der Waals surface area contributed by atoms with Crippen molar-refractivity contribution >= 4 is 40.1 Å². The molecule has 2 N–H and O–H groups in total. The highest BCUT2D eigenvalue weighted by Gasteiger charge is 2.48. The molecule has 2 aliphatic heterocycles. The first-order chi connectivity index (χ1) is 32.7. The van der Waals surface area contributed by atoms with Crippen LogP contribution in [0.1, 0.15) is 94.4 Å². The second-order valence-corrected chi connectivity index (χ2v) is 21.1. The van der Waals surface area contributed by atoms with Crippen LogP contribution in [0, 0.1) is 11.2 Å². The van der Waals surface area contributed by atoms with E-state index in [4.69, 9.17) is 36.0 Å². The van der Waals surface area contributed by atoms with Crippen LogP contribution in [0.4, 0.5) is 20.7 Å². The Hall–Kier alpha value is -5.66. The maximum Gasteiger partial charge on any atom is 0.412 e. The van der Waals surface area contributed by atoms with E-state index in [1.54, 1.807) is 39.1 Å². The summed E-state index contributed by atoms with van der Waals surface area (Å²) in [6.07, 6.45) is 6.18. The molecular weight excluding hydrogens is 877 g/mol. The largest absolute Gasteiger partial charge is 0.463 e. The number of ether oxygens (including phenoxy) is 2. The van der Waals surface area contributed by atoms with Gasteiger partial charge in [0.2, 0.25) is 0 Å². The van der Waals surface area contributed by atoms with Gasteiger partial charge in [-0.1, -0.05) is 103 Å². The average Bonchev–Trinajstić information content (AvgIpc) is 4.27. The van der Waals surface area contributed by atoms with E-state index in [1.165, 1.54) is 16.7 Å². The van der Waals surface area contributed by atoms with Crippen molar-refractivity contribution < 1.29 is 23.8 Å². The molecule has 6 aromatic rings. The summed E-state index contributed by atoms with van der Waals surface area (Å²) in [5.41, 5.74) is 3.30. The van der Waals surface area contributed by atoms with Crippen LogP contribution in [0.25, 0.3) is 22.2 Å². The minimum atomic E-state index is -0.953. The summed E-state index contributed by atoms with van der Waals surface area (Å²) in [4.78, 5) is 34.5. The van der Waals surface area contributed by atoms with Gasteiger partial charge >= 0.3 is 12.1 Å². The molecule has 1 atom stereocenters. The highest BCUT2D eigenvalue weighted by molar-refractivity contribution is 6.32. The number of aromatic nitrogens is 3. The minimum absolute atomic E-state index is 0.0725. The molecule has 2 aliphatic carbocycles. The Morgan fingerprint density at radius 3 is 2.04 bits per heavy atom. The van der Waals surface area contributed by atoms with Gasteiger partial charge in [-0.2, -0.15) is 9.97 Å². The van der Waals surface area contributed by atoms with Crippen LogP contribution in [0.2, 0.25) is 5.02 Å². The van der Waals surface area contributed by atoms with Crippen molar-refractivity contribution in [3.63, 3.8) is 0 Å². The summed E-state index contributed by atoms with van der Waals surface area (Å²) in [6.45, 7) is 12.9. The number of halogens is 2. The maximum absolute atomic E-state index is 17.4. The molecule has 0 unspecified atom stereocenters. The quantitative estimate of drug-likeness (QED) is 0.108. The molecule has 4 aromatic carbocycles. The molecule has 2 aromatic heterocycles. The van der Waals surface area contributed by atoms with Crippen LogP contribution in [0.3, 0.4) is 0 Å². The molecule has 13 heteroatoms. The highest BCUT2D eigenvalue weighted by Crippen LogP contribution is 2.50. The van der Waals surface area contributed by atoms with Crippen LogP contribution >= 0.6 is 11.6 Å². The second-order valence-electron chi connectivity index (χ2n) is 20.7. The zero-order chi connectivity index (χ0) is 47.3. The van der Waals surface area contributed by atoms with Gasteiger partial charge < -0.3 is 24.4 Å². The third-order valence-corrected chi connectivity index (χ3v) is 14.4. The Kier molecular flexibility index (Phi) is 12.4. The third kappa shape index (κ3) is 9.53. The lowest BCUT2D eigenvalue weighted by atomic mass is 9.75. The molecule has 0 bridgehead atoms. The minimum Gasteiger partial charge on any atom is -0.463 e. The molecule has 2 saturated carbocycles. The summed E-state index contributed by atoms with van der Waals surface area (Å²) in [6, 6.07) is 36.1. The lowest BCUT2D eigenvalue weighted by molar-refractivity contribution is 0.0446. The molecule has 68 heavy (non-hydrogen) atoms. The van der Waals surface area contributed by atoms with Crippen molar-refractivity contribution in [1.29, 1.82) is 0 Å². The standard InChI is InChI=1S/C55H61ClFN7O4/c1-52(2,3)68-51(65)59-41-31-42(45(37-21-22-37)44(56)32-41)47-46(57)48-43(33-58-47)49(63-26-14-23-53(4,66)34-63)61-50(60-48)67-36-54(24-25-54)35-62-27-29-64(30-28-62)55(38-15-8-5-9-16-38,39-17-10-6-11-18-39)40-19-12-7-13-20-40/h5-13,15-20,31-33,37,66H,14,21-30,34-36H2,1-4H3,(H,59,65)/t53-/m1/s1. The van der Waals surface area contributed by atoms with Crippen molar-refractivity contribution in [1.82, 2.24) is 24.8 Å². The van der Waals surface area contributed by atoms with Crippen molar-refractivity contribution in [2.45, 2.75) is 88.9 Å². The number of carbonyl (C=O) groups excluding carboxylic acids is 1. The third-order valence-electron chi connectivity index (χ3n) is 14.1. The summed E-state index contributed by atoms with van der Waals surface area (Å²) in [5.74, 6) is -0.0237. The number of piperazine rings is 1. The number of hydrogen-bond donors (Lipinski definition) is 2. The maximum atomic E-state index is 17.4. The number of amides is 1. The van der Waals surface area contributed by atoms with Gasteiger partial charge in [0.05, 0.1) is 23.1 Å². The predicted molar refractivity (Wildman–Crippen MR) is 266 cm³/mol. The highest BCUT2D eigenvalue weighted by atomic mass is 35.5. The number of rotatable bonds is 13. The van der Waals surface area contributed by atoms with Gasteiger partial charge in [0, 0.05) is 73.7 Å². The van der Waals surface area contributed by atoms with E-state index in [0.717, 1.165) is 70.4 Å². The molecule has 1 amide bonds. The molecule has 354 valence electrons. The Bertz CT molecular complexity index is 2680. The number of anilines is 2. The zero-order valence-corrected chi connectivity index (χ0v) is 40.2. The van der Waals surface area contributed by atoms with Crippen molar-refractivity contribution in [3.05, 3.63) is 142 Å². The number of nitrogens with one attached hydrogen (secondary N) is 1. The molecule has 4 heterocycles. The number of aliphatic hydroxyl groups is 1. The van der Waals surface area contributed by atoms with Crippen molar-refractivity contribution in [3.8, 4) is 17.3 Å². The smallest absolute Gasteiger partial charge is 0.412 e. The summed E-state index contributed by atoms with van der Waals surface area (Å²) < 4.78 is 29.5. The first-order valence-electron chi connectivity index (χ1n) is 24.1. The van der Waals surface area contributed by atoms with Gasteiger partial charge in [-0.25, -0.2) is 9.18 Å². The van der Waals surface area contributed by atoms with E-state index in [1.807, 2.05) is 11.8 Å². The van der Waals surface area contributed by atoms with Gasteiger partial charge in [0.15, 0.2) is 5.82 Å². The number of carbonyl (C=O) groups is 1. The van der Waals surface area contributed by atoms with Gasteiger partial charge in [0.25, 0.3) is 0 Å². The Morgan fingerprint density at radius 1 is 0.868 bits per heavy atom. The van der Waals surface area contributed by atoms with Crippen LogP contribution in [-0.2, 0) is 10.3 Å². The Morgan fingerprint density at radius 2 is 1.49 bits per heavy atom. The predicted octanol–water partition coefficient (Wildman–Crippen LogP) is 10.8. The SMILES string of the molecule is CC(C)(C)OC(=O)Nc1cc(Cl)c(C2CC2)c(-c2ncc3c(N4CCC[C@@](C)(O)C4)nc(OCC4(CN5CCN(C(c6ccccc6)(c6ccccc6)c6ccccc6)CC5)CC4)nc3c2F)c1. The monoisotopic (exact) mass is 937 g/mol. The Balaban J connectivity index is 0.926. The van der Waals surface area contributed by atoms with E-state index in [9.17, 15) is 9.90 Å². The number of benzene rings is 4. The fourth-order valence-electron chi connectivity index (χ4n) is 10.6. The lowest BCUT2D eigenvalue weighted by Gasteiger charge is -2.49. The molecule has 10 rings (SSSR count). The van der Waals surface area contributed by atoms with Gasteiger partial charge in [-0.15, -0.1) is 0 Å². The number of fused-ring (bicyclic) bond motifs is 1. The number of piperidine rings is 1. The molecule has 0 spiro atoms. The van der Waals surface area contributed by atoms with Crippen LogP contribution in [0.15, 0.2) is 109 Å². The number of nitrogens with zero attached hydrogens (tertiary/aromatic N) is 6. The van der Waals surface area contributed by atoms with Gasteiger partial charge in [0.1, 0.15) is 22.6 Å². The molecule has 0 radical (unpaired) electrons. The topological polar surface area (TPSA) is 116 Å². The first-order valence-corrected chi connectivity index (χ1v) is 24.5. The number of pyridine rings is 1. The molecular formula is C55H61ClFN7O4. The van der Waals surface area contributed by atoms with E-state index in [0.29, 0.717) is 53.6 Å². The van der Waals surface area contributed by atoms with Crippen molar-refractivity contribution in [2.75, 3.05) is 62.6 Å². The van der Waals surface area contributed by atoms with E-state index in [-0.39, 0.29) is 28.6 Å². The molecule has 4 fully saturated rings. The fraction of sp³-hybridized carbons (Fsp3) is 0.418. The van der Waals surface area contributed by atoms with Crippen molar-refractivity contribution in [2.24, 2.45) is 5.41 Å². The molecule has 4 aliphatic rings. The van der Waals surface area contributed by atoms with Gasteiger partial charge in [-0.05, 0) is 107 Å².